The summed E-state index contributed by atoms with van der Waals surface area (Å²) < 4.78 is 15.6. The lowest BCUT2D eigenvalue weighted by molar-refractivity contribution is 0.0698. The van der Waals surface area contributed by atoms with Gasteiger partial charge in [0.2, 0.25) is 0 Å². The van der Waals surface area contributed by atoms with Crippen LogP contribution >= 0.6 is 0 Å². The van der Waals surface area contributed by atoms with E-state index in [2.05, 4.69) is 25.3 Å². The van der Waals surface area contributed by atoms with Gasteiger partial charge in [0.05, 0.1) is 18.4 Å². The van der Waals surface area contributed by atoms with Gasteiger partial charge >= 0.3 is 5.97 Å². The summed E-state index contributed by atoms with van der Waals surface area (Å²) in [7, 11) is 0. The SMILES string of the molecule is O=C(O)c1cnn2ccc(N3CCC[C@H]3c3cc(F)cnc3CCNC3CC3)nc12. The van der Waals surface area contributed by atoms with Gasteiger partial charge < -0.3 is 15.3 Å². The molecule has 156 valence electrons. The number of aromatic nitrogens is 4. The van der Waals surface area contributed by atoms with Crippen molar-refractivity contribution in [1.82, 2.24) is 24.9 Å². The van der Waals surface area contributed by atoms with E-state index in [1.165, 1.54) is 29.8 Å². The molecule has 0 aromatic carbocycles. The summed E-state index contributed by atoms with van der Waals surface area (Å²) in [5, 5.41) is 16.9. The summed E-state index contributed by atoms with van der Waals surface area (Å²) in [5.41, 5.74) is 2.15. The highest BCUT2D eigenvalue weighted by atomic mass is 19.1. The molecular weight excluding hydrogens is 387 g/mol. The first-order chi connectivity index (χ1) is 14.6. The van der Waals surface area contributed by atoms with Crippen LogP contribution in [0.5, 0.6) is 0 Å². The molecule has 0 spiro atoms. The molecular formula is C21H23FN6O2. The third-order valence-electron chi connectivity index (χ3n) is 5.83. The van der Waals surface area contributed by atoms with Gasteiger partial charge in [0.15, 0.2) is 5.65 Å². The Kier molecular flexibility index (Phi) is 4.82. The van der Waals surface area contributed by atoms with Crippen LogP contribution in [0.15, 0.2) is 30.7 Å². The predicted molar refractivity (Wildman–Crippen MR) is 108 cm³/mol. The van der Waals surface area contributed by atoms with Crippen molar-refractivity contribution >= 4 is 17.4 Å². The maximum Gasteiger partial charge on any atom is 0.341 e. The second-order valence-corrected chi connectivity index (χ2v) is 7.94. The monoisotopic (exact) mass is 410 g/mol. The van der Waals surface area contributed by atoms with Crippen LogP contribution < -0.4 is 10.2 Å². The van der Waals surface area contributed by atoms with E-state index in [0.717, 1.165) is 43.6 Å². The van der Waals surface area contributed by atoms with E-state index in [1.807, 2.05) is 6.07 Å². The highest BCUT2D eigenvalue weighted by Crippen LogP contribution is 2.37. The third-order valence-corrected chi connectivity index (χ3v) is 5.83. The van der Waals surface area contributed by atoms with Crippen LogP contribution in [0.1, 0.15) is 53.3 Å². The van der Waals surface area contributed by atoms with Gasteiger partial charge in [-0.3, -0.25) is 4.98 Å². The lowest BCUT2D eigenvalue weighted by Gasteiger charge is -2.27. The number of fused-ring (bicyclic) bond motifs is 1. The number of halogens is 1. The van der Waals surface area contributed by atoms with Crippen molar-refractivity contribution < 1.29 is 14.3 Å². The lowest BCUT2D eigenvalue weighted by Crippen LogP contribution is -2.26. The quantitative estimate of drug-likeness (QED) is 0.618. The van der Waals surface area contributed by atoms with Crippen molar-refractivity contribution in [3.8, 4) is 0 Å². The van der Waals surface area contributed by atoms with E-state index in [9.17, 15) is 14.3 Å². The number of pyridine rings is 1. The number of rotatable bonds is 7. The summed E-state index contributed by atoms with van der Waals surface area (Å²) in [5.74, 6) is -0.741. The maximum atomic E-state index is 14.1. The van der Waals surface area contributed by atoms with Gasteiger partial charge in [-0.15, -0.1) is 0 Å². The van der Waals surface area contributed by atoms with E-state index < -0.39 is 5.97 Å². The largest absolute Gasteiger partial charge is 0.477 e. The van der Waals surface area contributed by atoms with Gasteiger partial charge in [-0.2, -0.15) is 5.10 Å². The Morgan fingerprint density at radius 3 is 2.97 bits per heavy atom. The standard InChI is InChI=1S/C21H23FN6O2/c22-13-10-15(17(24-11-13)5-7-23-14-3-4-14)18-2-1-8-27(18)19-6-9-28-20(26-19)16(12-25-28)21(29)30/h6,9-12,14,18,23H,1-5,7-8H2,(H,29,30)/t18-/m0/s1. The van der Waals surface area contributed by atoms with Gasteiger partial charge in [0.1, 0.15) is 17.2 Å². The summed E-state index contributed by atoms with van der Waals surface area (Å²) >= 11 is 0. The lowest BCUT2D eigenvalue weighted by atomic mass is 10.0. The number of nitrogens with one attached hydrogen (secondary N) is 1. The molecule has 4 heterocycles. The Morgan fingerprint density at radius 1 is 1.30 bits per heavy atom. The molecule has 1 atom stereocenters. The summed E-state index contributed by atoms with van der Waals surface area (Å²) in [6.45, 7) is 1.59. The summed E-state index contributed by atoms with van der Waals surface area (Å²) in [4.78, 5) is 22.6. The fourth-order valence-electron chi connectivity index (χ4n) is 4.20. The second kappa shape index (κ2) is 7.64. The van der Waals surface area contributed by atoms with Crippen LogP contribution in [-0.4, -0.2) is 49.8 Å². The van der Waals surface area contributed by atoms with Gasteiger partial charge in [-0.1, -0.05) is 0 Å². The molecule has 3 aromatic heterocycles. The fourth-order valence-corrected chi connectivity index (χ4v) is 4.20. The zero-order valence-electron chi connectivity index (χ0n) is 16.5. The highest BCUT2D eigenvalue weighted by Gasteiger charge is 2.30. The average Bonchev–Trinajstić information content (AvgIpc) is 3.26. The molecule has 1 aliphatic heterocycles. The van der Waals surface area contributed by atoms with Crippen LogP contribution in [-0.2, 0) is 6.42 Å². The van der Waals surface area contributed by atoms with E-state index in [-0.39, 0.29) is 17.4 Å². The van der Waals surface area contributed by atoms with Gasteiger partial charge in [0.25, 0.3) is 0 Å². The van der Waals surface area contributed by atoms with Gasteiger partial charge in [-0.05, 0) is 43.4 Å². The molecule has 2 N–H and O–H groups in total. The number of hydrogen-bond donors (Lipinski definition) is 2. The minimum Gasteiger partial charge on any atom is -0.477 e. The number of aromatic carboxylic acids is 1. The zero-order chi connectivity index (χ0) is 20.7. The maximum absolute atomic E-state index is 14.1. The van der Waals surface area contributed by atoms with Crippen LogP contribution in [0.3, 0.4) is 0 Å². The van der Waals surface area contributed by atoms with Crippen molar-refractivity contribution in [3.63, 3.8) is 0 Å². The molecule has 0 radical (unpaired) electrons. The molecule has 0 unspecified atom stereocenters. The number of nitrogens with zero attached hydrogens (tertiary/aromatic N) is 5. The first-order valence-corrected chi connectivity index (χ1v) is 10.3. The molecule has 9 heteroatoms. The van der Waals surface area contributed by atoms with Gasteiger partial charge in [-0.25, -0.2) is 18.7 Å². The molecule has 2 fully saturated rings. The molecule has 0 amide bonds. The van der Waals surface area contributed by atoms with Crippen molar-refractivity contribution in [2.24, 2.45) is 0 Å². The van der Waals surface area contributed by atoms with Crippen molar-refractivity contribution in [2.45, 2.75) is 44.2 Å². The number of hydrogen-bond acceptors (Lipinski definition) is 6. The van der Waals surface area contributed by atoms with Crippen LogP contribution in [0.25, 0.3) is 5.65 Å². The Hall–Kier alpha value is -3.07. The number of carboxylic acids is 1. The Bertz CT molecular complexity index is 1100. The highest BCUT2D eigenvalue weighted by molar-refractivity contribution is 5.94. The average molecular weight is 410 g/mol. The van der Waals surface area contributed by atoms with Crippen molar-refractivity contribution in [2.75, 3.05) is 18.0 Å². The Labute approximate surface area is 172 Å². The van der Waals surface area contributed by atoms with Gasteiger partial charge in [0, 0.05) is 37.4 Å². The summed E-state index contributed by atoms with van der Waals surface area (Å²) in [6.07, 6.45) is 9.30. The number of carboxylic acid groups (broad SMARTS) is 1. The molecule has 8 nitrogen and oxygen atoms in total. The molecule has 2 aliphatic rings. The third kappa shape index (κ3) is 3.60. The Balaban J connectivity index is 1.46. The minimum absolute atomic E-state index is 0.0460. The molecule has 0 bridgehead atoms. The van der Waals surface area contributed by atoms with Crippen LogP contribution in [0.4, 0.5) is 10.2 Å². The smallest absolute Gasteiger partial charge is 0.341 e. The molecule has 5 rings (SSSR count). The Morgan fingerprint density at radius 2 is 2.17 bits per heavy atom. The zero-order valence-corrected chi connectivity index (χ0v) is 16.5. The normalized spacial score (nSPS) is 19.0. The first kappa shape index (κ1) is 18.9. The molecule has 1 saturated heterocycles. The number of carbonyl (C=O) groups is 1. The number of anilines is 1. The minimum atomic E-state index is -1.06. The van der Waals surface area contributed by atoms with E-state index >= 15 is 0 Å². The second-order valence-electron chi connectivity index (χ2n) is 7.94. The molecule has 1 saturated carbocycles. The van der Waals surface area contributed by atoms with E-state index in [1.54, 1.807) is 12.3 Å². The topological polar surface area (TPSA) is 95.6 Å². The van der Waals surface area contributed by atoms with Crippen molar-refractivity contribution in [3.05, 3.63) is 53.4 Å². The predicted octanol–water partition coefficient (Wildman–Crippen LogP) is 2.60. The van der Waals surface area contributed by atoms with Crippen LogP contribution in [0.2, 0.25) is 0 Å². The first-order valence-electron chi connectivity index (χ1n) is 10.3. The van der Waals surface area contributed by atoms with E-state index in [4.69, 9.17) is 0 Å². The fraction of sp³-hybridized carbons (Fsp3) is 0.429. The van der Waals surface area contributed by atoms with Crippen LogP contribution in [0, 0.1) is 5.82 Å². The molecule has 1 aliphatic carbocycles. The summed E-state index contributed by atoms with van der Waals surface area (Å²) in [6, 6.07) is 3.98. The molecule has 3 aromatic rings. The van der Waals surface area contributed by atoms with Crippen molar-refractivity contribution in [1.29, 1.82) is 0 Å². The van der Waals surface area contributed by atoms with E-state index in [0.29, 0.717) is 17.5 Å². The molecule has 30 heavy (non-hydrogen) atoms.